The van der Waals surface area contributed by atoms with Crippen LogP contribution in [0.1, 0.15) is 27.2 Å². The van der Waals surface area contributed by atoms with Crippen LogP contribution < -0.4 is 0 Å². The Morgan fingerprint density at radius 1 is 1.04 bits per heavy atom. The summed E-state index contributed by atoms with van der Waals surface area (Å²) < 4.78 is 4.77. The number of aryl methyl sites for hydroxylation is 2. The second kappa shape index (κ2) is 7.99. The van der Waals surface area contributed by atoms with Crippen LogP contribution in [0.3, 0.4) is 0 Å². The molecule has 0 saturated heterocycles. The van der Waals surface area contributed by atoms with Gasteiger partial charge in [-0.25, -0.2) is 0 Å². The highest BCUT2D eigenvalue weighted by molar-refractivity contribution is 5.99. The van der Waals surface area contributed by atoms with Gasteiger partial charge >= 0.3 is 5.97 Å². The van der Waals surface area contributed by atoms with Crippen molar-refractivity contribution < 1.29 is 14.3 Å². The van der Waals surface area contributed by atoms with Gasteiger partial charge in [0.2, 0.25) is 0 Å². The van der Waals surface area contributed by atoms with Crippen molar-refractivity contribution in [2.75, 3.05) is 13.7 Å². The molecule has 0 aliphatic heterocycles. The SMILES string of the molecule is COC(=O)CN(Cc1ccccc1)C(=O)c1cc2cc(C)ccc2nc1C. The van der Waals surface area contributed by atoms with E-state index >= 15 is 0 Å². The fourth-order valence-corrected chi connectivity index (χ4v) is 3.00. The van der Waals surface area contributed by atoms with Crippen molar-refractivity contribution in [3.63, 3.8) is 0 Å². The predicted octanol–water partition coefficient (Wildman–Crippen LogP) is 3.67. The Morgan fingerprint density at radius 3 is 2.48 bits per heavy atom. The van der Waals surface area contributed by atoms with Gasteiger partial charge in [0.05, 0.1) is 23.9 Å². The zero-order valence-corrected chi connectivity index (χ0v) is 15.7. The number of amides is 1. The molecule has 138 valence electrons. The van der Waals surface area contributed by atoms with Crippen LogP contribution in [0.2, 0.25) is 0 Å². The number of fused-ring (bicyclic) bond motifs is 1. The number of ether oxygens (including phenoxy) is 1. The summed E-state index contributed by atoms with van der Waals surface area (Å²) in [6, 6.07) is 17.4. The summed E-state index contributed by atoms with van der Waals surface area (Å²) in [5, 5.41) is 0.904. The number of aromatic nitrogens is 1. The Morgan fingerprint density at radius 2 is 1.78 bits per heavy atom. The Kier molecular flexibility index (Phi) is 5.50. The maximum Gasteiger partial charge on any atom is 0.325 e. The van der Waals surface area contributed by atoms with Gasteiger partial charge in [-0.15, -0.1) is 0 Å². The van der Waals surface area contributed by atoms with Crippen LogP contribution in [0.5, 0.6) is 0 Å². The van der Waals surface area contributed by atoms with Crippen molar-refractivity contribution in [3.05, 3.63) is 77.0 Å². The van der Waals surface area contributed by atoms with E-state index in [1.54, 1.807) is 0 Å². The molecule has 0 unspecified atom stereocenters. The highest BCUT2D eigenvalue weighted by Crippen LogP contribution is 2.20. The first-order valence-electron chi connectivity index (χ1n) is 8.76. The molecule has 5 heteroatoms. The number of esters is 1. The Hall–Kier alpha value is -3.21. The molecule has 0 atom stereocenters. The summed E-state index contributed by atoms with van der Waals surface area (Å²) in [6.07, 6.45) is 0. The third-order valence-corrected chi connectivity index (χ3v) is 4.44. The molecular formula is C22H22N2O3. The molecule has 27 heavy (non-hydrogen) atoms. The molecule has 0 aliphatic carbocycles. The van der Waals surface area contributed by atoms with Gasteiger partial charge in [0.25, 0.3) is 5.91 Å². The van der Waals surface area contributed by atoms with Crippen LogP contribution in [-0.4, -0.2) is 35.4 Å². The lowest BCUT2D eigenvalue weighted by Gasteiger charge is -2.22. The Bertz CT molecular complexity index is 984. The second-order valence-electron chi connectivity index (χ2n) is 6.54. The second-order valence-corrected chi connectivity index (χ2v) is 6.54. The van der Waals surface area contributed by atoms with E-state index in [4.69, 9.17) is 4.74 Å². The van der Waals surface area contributed by atoms with Crippen LogP contribution in [0, 0.1) is 13.8 Å². The largest absolute Gasteiger partial charge is 0.468 e. The maximum atomic E-state index is 13.2. The zero-order chi connectivity index (χ0) is 19.4. The van der Waals surface area contributed by atoms with Crippen LogP contribution in [0.15, 0.2) is 54.6 Å². The van der Waals surface area contributed by atoms with Gasteiger partial charge in [-0.2, -0.15) is 0 Å². The third kappa shape index (κ3) is 4.31. The van der Waals surface area contributed by atoms with Crippen molar-refractivity contribution in [3.8, 4) is 0 Å². The van der Waals surface area contributed by atoms with E-state index in [0.717, 1.165) is 22.0 Å². The van der Waals surface area contributed by atoms with E-state index in [9.17, 15) is 9.59 Å². The Labute approximate surface area is 158 Å². The minimum absolute atomic E-state index is 0.116. The molecule has 0 N–H and O–H groups in total. The van der Waals surface area contributed by atoms with E-state index in [2.05, 4.69) is 4.98 Å². The standard InChI is InChI=1S/C22H22N2O3/c1-15-9-10-20-18(11-15)12-19(16(2)23-20)22(26)24(14-21(25)27-3)13-17-7-5-4-6-8-17/h4-12H,13-14H2,1-3H3. The van der Waals surface area contributed by atoms with Crippen molar-refractivity contribution in [1.82, 2.24) is 9.88 Å². The molecule has 3 aromatic rings. The summed E-state index contributed by atoms with van der Waals surface area (Å²) in [6.45, 7) is 4.01. The van der Waals surface area contributed by atoms with E-state index in [-0.39, 0.29) is 12.5 Å². The first-order valence-corrected chi connectivity index (χ1v) is 8.76. The summed E-state index contributed by atoms with van der Waals surface area (Å²) in [5.74, 6) is -0.695. The van der Waals surface area contributed by atoms with Crippen molar-refractivity contribution >= 4 is 22.8 Å². The molecule has 2 aromatic carbocycles. The minimum Gasteiger partial charge on any atom is -0.468 e. The molecule has 3 rings (SSSR count). The van der Waals surface area contributed by atoms with Crippen LogP contribution >= 0.6 is 0 Å². The van der Waals surface area contributed by atoms with Gasteiger partial charge in [-0.1, -0.05) is 42.0 Å². The van der Waals surface area contributed by atoms with Gasteiger partial charge in [0.15, 0.2) is 0 Å². The van der Waals surface area contributed by atoms with Crippen LogP contribution in [0.4, 0.5) is 0 Å². The van der Waals surface area contributed by atoms with Crippen LogP contribution in [0.25, 0.3) is 10.9 Å². The minimum atomic E-state index is -0.457. The lowest BCUT2D eigenvalue weighted by atomic mass is 10.1. The van der Waals surface area contributed by atoms with Gasteiger partial charge < -0.3 is 9.64 Å². The maximum absolute atomic E-state index is 13.2. The lowest BCUT2D eigenvalue weighted by Crippen LogP contribution is -2.36. The summed E-state index contributed by atoms with van der Waals surface area (Å²) in [7, 11) is 1.32. The molecule has 1 heterocycles. The fourth-order valence-electron chi connectivity index (χ4n) is 3.00. The van der Waals surface area contributed by atoms with E-state index in [1.807, 2.05) is 68.4 Å². The molecule has 1 amide bonds. The molecule has 0 saturated carbocycles. The van der Waals surface area contributed by atoms with Crippen molar-refractivity contribution in [2.24, 2.45) is 0 Å². The van der Waals surface area contributed by atoms with E-state index in [0.29, 0.717) is 17.8 Å². The molecule has 0 bridgehead atoms. The Balaban J connectivity index is 1.98. The first-order chi connectivity index (χ1) is 13.0. The van der Waals surface area contributed by atoms with Gasteiger partial charge in [0, 0.05) is 11.9 Å². The number of pyridine rings is 1. The summed E-state index contributed by atoms with van der Waals surface area (Å²) >= 11 is 0. The number of benzene rings is 2. The molecule has 1 aromatic heterocycles. The van der Waals surface area contributed by atoms with Crippen LogP contribution in [-0.2, 0) is 16.1 Å². The first kappa shape index (κ1) is 18.6. The third-order valence-electron chi connectivity index (χ3n) is 4.44. The molecule has 0 fully saturated rings. The monoisotopic (exact) mass is 362 g/mol. The zero-order valence-electron chi connectivity index (χ0n) is 15.7. The number of rotatable bonds is 5. The normalized spacial score (nSPS) is 10.6. The number of hydrogen-bond acceptors (Lipinski definition) is 4. The molecular weight excluding hydrogens is 340 g/mol. The smallest absolute Gasteiger partial charge is 0.325 e. The highest BCUT2D eigenvalue weighted by atomic mass is 16.5. The lowest BCUT2D eigenvalue weighted by molar-refractivity contribution is -0.141. The van der Waals surface area contributed by atoms with Gasteiger partial charge in [-0.05, 0) is 37.6 Å². The fraction of sp³-hybridized carbons (Fsp3) is 0.227. The number of nitrogens with zero attached hydrogens (tertiary/aromatic N) is 2. The van der Waals surface area contributed by atoms with Crippen molar-refractivity contribution in [2.45, 2.75) is 20.4 Å². The van der Waals surface area contributed by atoms with E-state index < -0.39 is 5.97 Å². The average Bonchev–Trinajstić information content (AvgIpc) is 2.67. The molecule has 5 nitrogen and oxygen atoms in total. The molecule has 0 aliphatic rings. The average molecular weight is 362 g/mol. The molecule has 0 radical (unpaired) electrons. The quantitative estimate of drug-likeness (QED) is 0.650. The summed E-state index contributed by atoms with van der Waals surface area (Å²) in [4.78, 5) is 31.1. The molecule has 0 spiro atoms. The topological polar surface area (TPSA) is 59.5 Å². The number of methoxy groups -OCH3 is 1. The number of carbonyl (C=O) groups excluding carboxylic acids is 2. The highest BCUT2D eigenvalue weighted by Gasteiger charge is 2.22. The van der Waals surface area contributed by atoms with Gasteiger partial charge in [0.1, 0.15) is 6.54 Å². The van der Waals surface area contributed by atoms with Gasteiger partial charge in [-0.3, -0.25) is 14.6 Å². The number of carbonyl (C=O) groups is 2. The van der Waals surface area contributed by atoms with E-state index in [1.165, 1.54) is 12.0 Å². The van der Waals surface area contributed by atoms with Crippen molar-refractivity contribution in [1.29, 1.82) is 0 Å². The predicted molar refractivity (Wildman–Crippen MR) is 104 cm³/mol. The number of hydrogen-bond donors (Lipinski definition) is 0. The summed E-state index contributed by atoms with van der Waals surface area (Å²) in [5.41, 5.74) is 4.02.